The highest BCUT2D eigenvalue weighted by Gasteiger charge is 2.35. The molecule has 2 saturated heterocycles. The number of carbonyl (C=O) groups is 1. The van der Waals surface area contributed by atoms with Gasteiger partial charge in [0.15, 0.2) is 0 Å². The molecule has 0 radical (unpaired) electrons. The van der Waals surface area contributed by atoms with Gasteiger partial charge in [0.05, 0.1) is 6.54 Å². The Morgan fingerprint density at radius 3 is 2.35 bits per heavy atom. The normalized spacial score (nSPS) is 31.9. The molecule has 0 aromatic carbocycles. The zero-order valence-corrected chi connectivity index (χ0v) is 11.3. The standard InChI is InChI=1S/C13H25N3O/c1-4-15(2)13(17)9-16(3)12-7-10-5-6-11(8-12)14-10/h10-12,14H,4-9H2,1-3H3. The van der Waals surface area contributed by atoms with Crippen molar-refractivity contribution in [3.8, 4) is 0 Å². The summed E-state index contributed by atoms with van der Waals surface area (Å²) in [6.07, 6.45) is 5.04. The molecule has 1 N–H and O–H groups in total. The third-order valence-electron chi connectivity index (χ3n) is 4.36. The minimum absolute atomic E-state index is 0.237. The summed E-state index contributed by atoms with van der Waals surface area (Å²) in [5, 5.41) is 3.64. The van der Waals surface area contributed by atoms with Crippen LogP contribution < -0.4 is 5.32 Å². The summed E-state index contributed by atoms with van der Waals surface area (Å²) in [4.78, 5) is 15.9. The number of rotatable bonds is 4. The monoisotopic (exact) mass is 239 g/mol. The van der Waals surface area contributed by atoms with E-state index in [-0.39, 0.29) is 5.91 Å². The minimum Gasteiger partial charge on any atom is -0.345 e. The van der Waals surface area contributed by atoms with Crippen molar-refractivity contribution in [2.45, 2.75) is 50.7 Å². The lowest BCUT2D eigenvalue weighted by molar-refractivity contribution is -0.131. The van der Waals surface area contributed by atoms with Crippen LogP contribution in [0.3, 0.4) is 0 Å². The van der Waals surface area contributed by atoms with Crippen LogP contribution in [0.2, 0.25) is 0 Å². The zero-order valence-electron chi connectivity index (χ0n) is 11.3. The largest absolute Gasteiger partial charge is 0.345 e. The molecular formula is C13H25N3O. The second-order valence-electron chi connectivity index (χ2n) is 5.59. The van der Waals surface area contributed by atoms with Crippen LogP contribution in [0, 0.1) is 0 Å². The van der Waals surface area contributed by atoms with E-state index in [2.05, 4.69) is 17.3 Å². The van der Waals surface area contributed by atoms with Gasteiger partial charge in [-0.3, -0.25) is 9.69 Å². The fourth-order valence-corrected chi connectivity index (χ4v) is 3.03. The lowest BCUT2D eigenvalue weighted by Crippen LogP contribution is -2.49. The summed E-state index contributed by atoms with van der Waals surface area (Å²) < 4.78 is 0. The molecule has 2 heterocycles. The van der Waals surface area contributed by atoms with E-state index >= 15 is 0 Å². The number of hydrogen-bond donors (Lipinski definition) is 1. The third-order valence-corrected chi connectivity index (χ3v) is 4.36. The number of amides is 1. The molecule has 4 nitrogen and oxygen atoms in total. The first-order chi connectivity index (χ1) is 8.10. The van der Waals surface area contributed by atoms with Crippen molar-refractivity contribution in [2.24, 2.45) is 0 Å². The van der Waals surface area contributed by atoms with E-state index in [0.29, 0.717) is 24.7 Å². The molecule has 2 atom stereocenters. The molecule has 4 heteroatoms. The van der Waals surface area contributed by atoms with Gasteiger partial charge in [-0.15, -0.1) is 0 Å². The highest BCUT2D eigenvalue weighted by molar-refractivity contribution is 5.77. The molecule has 1 amide bonds. The van der Waals surface area contributed by atoms with E-state index in [1.807, 2.05) is 14.0 Å². The predicted octanol–water partition coefficient (Wildman–Crippen LogP) is 0.680. The zero-order chi connectivity index (χ0) is 12.4. The van der Waals surface area contributed by atoms with E-state index in [4.69, 9.17) is 0 Å². The molecule has 2 unspecified atom stereocenters. The number of carbonyl (C=O) groups excluding carboxylic acids is 1. The molecular weight excluding hydrogens is 214 g/mol. The van der Waals surface area contributed by atoms with E-state index in [9.17, 15) is 4.79 Å². The molecule has 98 valence electrons. The Morgan fingerprint density at radius 2 is 1.82 bits per heavy atom. The van der Waals surface area contributed by atoms with Gasteiger partial charge in [0, 0.05) is 31.7 Å². The molecule has 2 aliphatic heterocycles. The molecule has 0 aromatic heterocycles. The summed E-state index contributed by atoms with van der Waals surface area (Å²) in [7, 11) is 3.97. The number of nitrogens with zero attached hydrogens (tertiary/aromatic N) is 2. The van der Waals surface area contributed by atoms with Gasteiger partial charge in [0.2, 0.25) is 5.91 Å². The number of hydrogen-bond acceptors (Lipinski definition) is 3. The third kappa shape index (κ3) is 2.99. The van der Waals surface area contributed by atoms with E-state index in [1.54, 1.807) is 4.90 Å². The molecule has 2 fully saturated rings. The maximum atomic E-state index is 11.9. The first-order valence-corrected chi connectivity index (χ1v) is 6.80. The first kappa shape index (κ1) is 12.8. The Hall–Kier alpha value is -0.610. The lowest BCUT2D eigenvalue weighted by Gasteiger charge is -2.35. The van der Waals surface area contributed by atoms with Gasteiger partial charge in [0.25, 0.3) is 0 Å². The molecule has 2 rings (SSSR count). The highest BCUT2D eigenvalue weighted by Crippen LogP contribution is 2.29. The van der Waals surface area contributed by atoms with Crippen LogP contribution in [0.15, 0.2) is 0 Å². The van der Waals surface area contributed by atoms with Gasteiger partial charge >= 0.3 is 0 Å². The summed E-state index contributed by atoms with van der Waals surface area (Å²) >= 11 is 0. The second kappa shape index (κ2) is 5.36. The Bertz CT molecular complexity index is 270. The van der Waals surface area contributed by atoms with Crippen LogP contribution in [0.25, 0.3) is 0 Å². The Labute approximate surface area is 104 Å². The quantitative estimate of drug-likeness (QED) is 0.783. The number of fused-ring (bicyclic) bond motifs is 2. The maximum absolute atomic E-state index is 11.9. The first-order valence-electron chi connectivity index (χ1n) is 6.80. The van der Waals surface area contributed by atoms with Crippen LogP contribution in [-0.4, -0.2) is 61.0 Å². The van der Waals surface area contributed by atoms with Crippen molar-refractivity contribution in [2.75, 3.05) is 27.2 Å². The highest BCUT2D eigenvalue weighted by atomic mass is 16.2. The van der Waals surface area contributed by atoms with Gasteiger partial charge in [-0.2, -0.15) is 0 Å². The number of nitrogens with one attached hydrogen (secondary N) is 1. The van der Waals surface area contributed by atoms with Gasteiger partial charge in [-0.1, -0.05) is 0 Å². The lowest BCUT2D eigenvalue weighted by atomic mass is 9.98. The fraction of sp³-hybridized carbons (Fsp3) is 0.923. The van der Waals surface area contributed by atoms with Crippen molar-refractivity contribution in [1.29, 1.82) is 0 Å². The minimum atomic E-state index is 0.237. The molecule has 2 aliphatic rings. The summed E-state index contributed by atoms with van der Waals surface area (Å²) in [6.45, 7) is 3.38. The van der Waals surface area contributed by atoms with E-state index < -0.39 is 0 Å². The molecule has 0 aliphatic carbocycles. The Balaban J connectivity index is 1.83. The topological polar surface area (TPSA) is 35.6 Å². The predicted molar refractivity (Wildman–Crippen MR) is 68.9 cm³/mol. The maximum Gasteiger partial charge on any atom is 0.236 e. The van der Waals surface area contributed by atoms with Crippen LogP contribution >= 0.6 is 0 Å². The van der Waals surface area contributed by atoms with Gasteiger partial charge < -0.3 is 10.2 Å². The van der Waals surface area contributed by atoms with Crippen LogP contribution in [0.5, 0.6) is 0 Å². The second-order valence-corrected chi connectivity index (χ2v) is 5.59. The fourth-order valence-electron chi connectivity index (χ4n) is 3.03. The Morgan fingerprint density at radius 1 is 1.24 bits per heavy atom. The van der Waals surface area contributed by atoms with E-state index in [0.717, 1.165) is 6.54 Å². The number of piperidine rings is 1. The van der Waals surface area contributed by atoms with Gasteiger partial charge in [-0.05, 0) is 39.7 Å². The smallest absolute Gasteiger partial charge is 0.236 e. The van der Waals surface area contributed by atoms with Crippen molar-refractivity contribution in [3.05, 3.63) is 0 Å². The average molecular weight is 239 g/mol. The van der Waals surface area contributed by atoms with Crippen molar-refractivity contribution >= 4 is 5.91 Å². The van der Waals surface area contributed by atoms with Gasteiger partial charge in [-0.25, -0.2) is 0 Å². The molecule has 17 heavy (non-hydrogen) atoms. The van der Waals surface area contributed by atoms with Gasteiger partial charge in [0.1, 0.15) is 0 Å². The summed E-state index contributed by atoms with van der Waals surface area (Å²) in [5.41, 5.74) is 0. The van der Waals surface area contributed by atoms with Crippen molar-refractivity contribution < 1.29 is 4.79 Å². The van der Waals surface area contributed by atoms with Crippen molar-refractivity contribution in [1.82, 2.24) is 15.1 Å². The van der Waals surface area contributed by atoms with Crippen LogP contribution in [0.1, 0.15) is 32.6 Å². The SMILES string of the molecule is CCN(C)C(=O)CN(C)C1CC2CCC(C1)N2. The molecule has 0 saturated carbocycles. The van der Waals surface area contributed by atoms with E-state index in [1.165, 1.54) is 25.7 Å². The number of likely N-dealkylation sites (N-methyl/N-ethyl adjacent to an activating group) is 2. The van der Waals surface area contributed by atoms with Crippen LogP contribution in [0.4, 0.5) is 0 Å². The molecule has 0 aromatic rings. The van der Waals surface area contributed by atoms with Crippen LogP contribution in [-0.2, 0) is 4.79 Å². The molecule has 0 spiro atoms. The van der Waals surface area contributed by atoms with Crippen molar-refractivity contribution in [3.63, 3.8) is 0 Å². The Kier molecular flexibility index (Phi) is 4.05. The summed E-state index contributed by atoms with van der Waals surface area (Å²) in [5.74, 6) is 0.237. The summed E-state index contributed by atoms with van der Waals surface area (Å²) in [6, 6.07) is 1.98. The average Bonchev–Trinajstić information content (AvgIpc) is 2.66. The molecule has 2 bridgehead atoms.